The molecular weight excluding hydrogens is 372 g/mol. The van der Waals surface area contributed by atoms with Crippen LogP contribution in [-0.4, -0.2) is 9.97 Å². The SMILES string of the molecule is [2H]C(C)(C)c1ccnc(-c2cccc3c2sc2cc(-c4cccc(C)n4)ccc23)c1. The fraction of sp³-hybridized carbons (Fsp3) is 0.154. The van der Waals surface area contributed by atoms with E-state index in [1.165, 1.54) is 20.2 Å². The Hall–Kier alpha value is -3.04. The van der Waals surface area contributed by atoms with Crippen LogP contribution in [0.1, 0.15) is 32.4 Å². The summed E-state index contributed by atoms with van der Waals surface area (Å²) in [7, 11) is 0. The molecule has 0 spiro atoms. The van der Waals surface area contributed by atoms with E-state index in [0.29, 0.717) is 0 Å². The molecule has 3 heteroatoms. The number of fused-ring (bicyclic) bond motifs is 3. The van der Waals surface area contributed by atoms with Crippen LogP contribution in [0.15, 0.2) is 72.9 Å². The van der Waals surface area contributed by atoms with Crippen molar-refractivity contribution in [1.29, 1.82) is 0 Å². The highest BCUT2D eigenvalue weighted by Crippen LogP contribution is 2.41. The Balaban J connectivity index is 1.69. The number of pyridine rings is 2. The van der Waals surface area contributed by atoms with E-state index in [4.69, 9.17) is 1.37 Å². The molecular formula is C26H22N2S. The fourth-order valence-corrected chi connectivity index (χ4v) is 5.02. The highest BCUT2D eigenvalue weighted by molar-refractivity contribution is 7.26. The minimum absolute atomic E-state index is 0.651. The molecule has 5 rings (SSSR count). The second kappa shape index (κ2) is 7.09. The molecule has 3 heterocycles. The highest BCUT2D eigenvalue weighted by Gasteiger charge is 2.13. The summed E-state index contributed by atoms with van der Waals surface area (Å²) in [5.41, 5.74) is 6.17. The Morgan fingerprint density at radius 3 is 2.59 bits per heavy atom. The van der Waals surface area contributed by atoms with E-state index < -0.39 is 5.89 Å². The van der Waals surface area contributed by atoms with Crippen LogP contribution in [0.3, 0.4) is 0 Å². The third-order valence-corrected chi connectivity index (χ3v) is 6.50. The maximum Gasteiger partial charge on any atom is 0.0719 e. The van der Waals surface area contributed by atoms with Crippen LogP contribution in [0.2, 0.25) is 0 Å². The first kappa shape index (κ1) is 16.9. The molecule has 0 fully saturated rings. The molecule has 5 aromatic rings. The van der Waals surface area contributed by atoms with Gasteiger partial charge in [-0.05, 0) is 48.7 Å². The van der Waals surface area contributed by atoms with Gasteiger partial charge in [-0.15, -0.1) is 11.3 Å². The molecule has 142 valence electrons. The largest absolute Gasteiger partial charge is 0.256 e. The standard InChI is InChI=1S/C26H22N2S/c1-16(2)18-12-13-27-24(14-18)22-8-5-7-21-20-11-10-19(15-25(20)29-26(21)22)23-9-4-6-17(3)28-23/h4-16H,1-3H3/i16D. The average Bonchev–Trinajstić information content (AvgIpc) is 3.11. The fourth-order valence-electron chi connectivity index (χ4n) is 3.75. The Kier molecular flexibility index (Phi) is 4.12. The Morgan fingerprint density at radius 2 is 1.76 bits per heavy atom. The van der Waals surface area contributed by atoms with E-state index in [1.807, 2.05) is 45.2 Å². The van der Waals surface area contributed by atoms with Crippen LogP contribution < -0.4 is 0 Å². The summed E-state index contributed by atoms with van der Waals surface area (Å²) in [6.07, 6.45) is 1.81. The predicted octanol–water partition coefficient (Wildman–Crippen LogP) is 7.61. The van der Waals surface area contributed by atoms with Gasteiger partial charge in [0.05, 0.1) is 11.4 Å². The normalized spacial score (nSPS) is 12.4. The van der Waals surface area contributed by atoms with Crippen molar-refractivity contribution < 1.29 is 1.37 Å². The molecule has 0 unspecified atom stereocenters. The summed E-state index contributed by atoms with van der Waals surface area (Å²) in [4.78, 5) is 9.31. The van der Waals surface area contributed by atoms with Crippen LogP contribution in [0.5, 0.6) is 0 Å². The van der Waals surface area contributed by atoms with Gasteiger partial charge in [0.15, 0.2) is 0 Å². The molecule has 2 aromatic carbocycles. The molecule has 3 aromatic heterocycles. The maximum atomic E-state index is 8.37. The van der Waals surface area contributed by atoms with Gasteiger partial charge in [0.2, 0.25) is 0 Å². The van der Waals surface area contributed by atoms with Gasteiger partial charge in [-0.1, -0.05) is 50.2 Å². The lowest BCUT2D eigenvalue weighted by molar-refractivity contribution is 0.864. The van der Waals surface area contributed by atoms with Gasteiger partial charge in [-0.3, -0.25) is 9.97 Å². The minimum atomic E-state index is -0.651. The molecule has 0 atom stereocenters. The first-order chi connectivity index (χ1) is 14.4. The minimum Gasteiger partial charge on any atom is -0.256 e. The van der Waals surface area contributed by atoms with Crippen molar-refractivity contribution in [2.24, 2.45) is 0 Å². The van der Waals surface area contributed by atoms with E-state index in [1.54, 1.807) is 11.3 Å². The molecule has 0 amide bonds. The Labute approximate surface area is 176 Å². The molecule has 0 radical (unpaired) electrons. The van der Waals surface area contributed by atoms with E-state index in [0.717, 1.165) is 33.8 Å². The number of hydrogen-bond donors (Lipinski definition) is 0. The highest BCUT2D eigenvalue weighted by atomic mass is 32.1. The van der Waals surface area contributed by atoms with Crippen LogP contribution >= 0.6 is 11.3 Å². The number of aryl methyl sites for hydroxylation is 1. The van der Waals surface area contributed by atoms with Gasteiger partial charge in [-0.25, -0.2) is 0 Å². The third-order valence-electron chi connectivity index (χ3n) is 5.30. The van der Waals surface area contributed by atoms with Gasteiger partial charge in [0.1, 0.15) is 0 Å². The summed E-state index contributed by atoms with van der Waals surface area (Å²) < 4.78 is 10.8. The molecule has 0 saturated carbocycles. The lowest BCUT2D eigenvalue weighted by atomic mass is 10.0. The summed E-state index contributed by atoms with van der Waals surface area (Å²) >= 11 is 1.79. The predicted molar refractivity (Wildman–Crippen MR) is 125 cm³/mol. The molecule has 0 bridgehead atoms. The van der Waals surface area contributed by atoms with Crippen LogP contribution in [0, 0.1) is 6.92 Å². The van der Waals surface area contributed by atoms with Gasteiger partial charge in [-0.2, -0.15) is 0 Å². The smallest absolute Gasteiger partial charge is 0.0719 e. The van der Waals surface area contributed by atoms with Crippen LogP contribution in [-0.2, 0) is 0 Å². The Morgan fingerprint density at radius 1 is 0.897 bits per heavy atom. The molecule has 29 heavy (non-hydrogen) atoms. The molecule has 0 aliphatic carbocycles. The zero-order valence-electron chi connectivity index (χ0n) is 17.7. The van der Waals surface area contributed by atoms with Crippen molar-refractivity contribution in [2.45, 2.75) is 26.7 Å². The van der Waals surface area contributed by atoms with Crippen molar-refractivity contribution in [2.75, 3.05) is 0 Å². The molecule has 0 N–H and O–H groups in total. The quantitative estimate of drug-likeness (QED) is 0.314. The van der Waals surface area contributed by atoms with Crippen molar-refractivity contribution in [3.63, 3.8) is 0 Å². The van der Waals surface area contributed by atoms with E-state index >= 15 is 0 Å². The van der Waals surface area contributed by atoms with Crippen molar-refractivity contribution in [3.05, 3.63) is 84.2 Å². The lowest BCUT2D eigenvalue weighted by Crippen LogP contribution is -1.90. The average molecular weight is 396 g/mol. The second-order valence-corrected chi connectivity index (χ2v) is 8.64. The first-order valence-corrected chi connectivity index (χ1v) is 10.6. The second-order valence-electron chi connectivity index (χ2n) is 7.59. The third kappa shape index (κ3) is 3.22. The lowest BCUT2D eigenvalue weighted by Gasteiger charge is -2.08. The molecule has 0 saturated heterocycles. The summed E-state index contributed by atoms with van der Waals surface area (Å²) in [6.45, 7) is 5.84. The summed E-state index contributed by atoms with van der Waals surface area (Å²) in [5, 5.41) is 2.50. The van der Waals surface area contributed by atoms with E-state index in [2.05, 4.69) is 58.5 Å². The van der Waals surface area contributed by atoms with E-state index in [-0.39, 0.29) is 0 Å². The summed E-state index contributed by atoms with van der Waals surface area (Å²) in [5.74, 6) is -0.651. The zero-order valence-corrected chi connectivity index (χ0v) is 17.5. The molecule has 0 aliphatic rings. The molecule has 0 aliphatic heterocycles. The number of hydrogen-bond acceptors (Lipinski definition) is 3. The maximum absolute atomic E-state index is 8.37. The van der Waals surface area contributed by atoms with Crippen molar-refractivity contribution in [3.8, 4) is 22.5 Å². The van der Waals surface area contributed by atoms with Gasteiger partial charge >= 0.3 is 0 Å². The van der Waals surface area contributed by atoms with Gasteiger partial charge < -0.3 is 0 Å². The number of aromatic nitrogens is 2. The first-order valence-electron chi connectivity index (χ1n) is 10.3. The number of benzene rings is 2. The van der Waals surface area contributed by atoms with Crippen molar-refractivity contribution >= 4 is 31.5 Å². The zero-order chi connectivity index (χ0) is 20.9. The van der Waals surface area contributed by atoms with Crippen LogP contribution in [0.25, 0.3) is 42.7 Å². The van der Waals surface area contributed by atoms with E-state index in [9.17, 15) is 0 Å². The van der Waals surface area contributed by atoms with Gasteiger partial charge in [0.25, 0.3) is 0 Å². The van der Waals surface area contributed by atoms with Crippen LogP contribution in [0.4, 0.5) is 0 Å². The van der Waals surface area contributed by atoms with Gasteiger partial charge in [0, 0.05) is 44.6 Å². The van der Waals surface area contributed by atoms with Crippen molar-refractivity contribution in [1.82, 2.24) is 9.97 Å². The Bertz CT molecular complexity index is 1400. The number of thiophene rings is 1. The number of rotatable bonds is 3. The topological polar surface area (TPSA) is 25.8 Å². The molecule has 2 nitrogen and oxygen atoms in total. The summed E-state index contributed by atoms with van der Waals surface area (Å²) in [6, 6.07) is 23.1. The monoisotopic (exact) mass is 395 g/mol. The number of nitrogens with zero attached hydrogens (tertiary/aromatic N) is 2.